The second-order valence-corrected chi connectivity index (χ2v) is 5.21. The molecule has 2 aromatic carbocycles. The average molecular weight is 305 g/mol. The molecule has 0 saturated carbocycles. The van der Waals surface area contributed by atoms with Crippen molar-refractivity contribution >= 4 is 22.9 Å². The molecule has 0 atom stereocenters. The number of hydrazone groups is 1. The molecular weight excluding hydrogens is 286 g/mol. The predicted octanol–water partition coefficient (Wildman–Crippen LogP) is 4.39. The Kier molecular flexibility index (Phi) is 4.52. The highest BCUT2D eigenvalue weighted by atomic mass is 16.5. The van der Waals surface area contributed by atoms with Gasteiger partial charge in [0.15, 0.2) is 0 Å². The summed E-state index contributed by atoms with van der Waals surface area (Å²) in [6.45, 7) is 4.71. The van der Waals surface area contributed by atoms with Crippen LogP contribution in [0.4, 0.5) is 5.82 Å². The van der Waals surface area contributed by atoms with Crippen molar-refractivity contribution in [2.24, 2.45) is 5.10 Å². The van der Waals surface area contributed by atoms with Crippen LogP contribution in [0.2, 0.25) is 0 Å². The second kappa shape index (κ2) is 6.92. The van der Waals surface area contributed by atoms with Crippen LogP contribution in [0, 0.1) is 6.92 Å². The van der Waals surface area contributed by atoms with Gasteiger partial charge in [0, 0.05) is 5.39 Å². The Morgan fingerprint density at radius 3 is 2.70 bits per heavy atom. The lowest BCUT2D eigenvalue weighted by atomic mass is 10.1. The van der Waals surface area contributed by atoms with E-state index in [1.165, 1.54) is 5.56 Å². The van der Waals surface area contributed by atoms with Crippen LogP contribution in [-0.4, -0.2) is 17.8 Å². The van der Waals surface area contributed by atoms with Crippen LogP contribution in [0.25, 0.3) is 10.9 Å². The van der Waals surface area contributed by atoms with E-state index in [1.54, 1.807) is 6.21 Å². The SMILES string of the molecule is CCOc1ccc(C=NNc2cc(C)c3ccccc3n2)cc1. The molecule has 0 spiro atoms. The molecule has 0 saturated heterocycles. The standard InChI is InChI=1S/C19H19N3O/c1-3-23-16-10-8-15(9-11-16)13-20-22-19-12-14(2)17-6-4-5-7-18(17)21-19/h4-13H,3H2,1-2H3,(H,21,22). The highest BCUT2D eigenvalue weighted by Gasteiger charge is 2.01. The first-order chi connectivity index (χ1) is 11.3. The van der Waals surface area contributed by atoms with E-state index in [2.05, 4.69) is 28.5 Å². The summed E-state index contributed by atoms with van der Waals surface area (Å²) in [5, 5.41) is 5.42. The molecule has 0 aliphatic carbocycles. The van der Waals surface area contributed by atoms with Crippen LogP contribution in [0.3, 0.4) is 0 Å². The maximum Gasteiger partial charge on any atom is 0.147 e. The number of nitrogens with zero attached hydrogens (tertiary/aromatic N) is 2. The summed E-state index contributed by atoms with van der Waals surface area (Å²) in [5.41, 5.74) is 6.13. The summed E-state index contributed by atoms with van der Waals surface area (Å²) < 4.78 is 5.42. The van der Waals surface area contributed by atoms with Crippen LogP contribution >= 0.6 is 0 Å². The summed E-state index contributed by atoms with van der Waals surface area (Å²) in [6, 6.07) is 17.9. The normalized spacial score (nSPS) is 11.0. The Labute approximate surface area is 135 Å². The molecular formula is C19H19N3O. The van der Waals surface area contributed by atoms with E-state index in [0.717, 1.165) is 28.0 Å². The number of para-hydroxylation sites is 1. The van der Waals surface area contributed by atoms with Crippen molar-refractivity contribution in [3.05, 3.63) is 65.7 Å². The Balaban J connectivity index is 1.72. The number of aryl methyl sites for hydroxylation is 1. The lowest BCUT2D eigenvalue weighted by molar-refractivity contribution is 0.340. The van der Waals surface area contributed by atoms with E-state index in [4.69, 9.17) is 4.74 Å². The van der Waals surface area contributed by atoms with Gasteiger partial charge < -0.3 is 4.74 Å². The molecule has 0 radical (unpaired) electrons. The number of benzene rings is 2. The van der Waals surface area contributed by atoms with Gasteiger partial charge in [0.25, 0.3) is 0 Å². The Morgan fingerprint density at radius 2 is 1.91 bits per heavy atom. The first-order valence-electron chi connectivity index (χ1n) is 7.64. The van der Waals surface area contributed by atoms with Gasteiger partial charge in [-0.1, -0.05) is 18.2 Å². The molecule has 0 aliphatic heterocycles. The maximum atomic E-state index is 5.42. The summed E-state index contributed by atoms with van der Waals surface area (Å²) in [5.74, 6) is 1.60. The number of hydrogen-bond donors (Lipinski definition) is 1. The van der Waals surface area contributed by atoms with E-state index < -0.39 is 0 Å². The van der Waals surface area contributed by atoms with Crippen LogP contribution in [0.5, 0.6) is 5.75 Å². The summed E-state index contributed by atoms with van der Waals surface area (Å²) in [6.07, 6.45) is 1.77. The molecule has 3 rings (SSSR count). The average Bonchev–Trinajstić information content (AvgIpc) is 2.57. The molecule has 0 fully saturated rings. The third kappa shape index (κ3) is 3.66. The van der Waals surface area contributed by atoms with Gasteiger partial charge in [-0.25, -0.2) is 4.98 Å². The highest BCUT2D eigenvalue weighted by Crippen LogP contribution is 2.19. The van der Waals surface area contributed by atoms with E-state index in [-0.39, 0.29) is 0 Å². The van der Waals surface area contributed by atoms with Crippen molar-refractivity contribution in [1.82, 2.24) is 4.98 Å². The fourth-order valence-electron chi connectivity index (χ4n) is 2.40. The van der Waals surface area contributed by atoms with Crippen molar-refractivity contribution in [3.8, 4) is 5.75 Å². The van der Waals surface area contributed by atoms with Crippen molar-refractivity contribution in [2.45, 2.75) is 13.8 Å². The minimum absolute atomic E-state index is 0.669. The van der Waals surface area contributed by atoms with Gasteiger partial charge in [-0.05, 0) is 61.4 Å². The largest absolute Gasteiger partial charge is 0.494 e. The molecule has 116 valence electrons. The number of anilines is 1. The number of hydrogen-bond acceptors (Lipinski definition) is 4. The molecule has 0 bridgehead atoms. The number of ether oxygens (including phenoxy) is 1. The lowest BCUT2D eigenvalue weighted by Crippen LogP contribution is -1.95. The molecule has 1 aromatic heterocycles. The molecule has 0 unspecified atom stereocenters. The maximum absolute atomic E-state index is 5.42. The minimum Gasteiger partial charge on any atom is -0.494 e. The zero-order chi connectivity index (χ0) is 16.1. The van der Waals surface area contributed by atoms with E-state index in [1.807, 2.05) is 55.5 Å². The first kappa shape index (κ1) is 15.0. The van der Waals surface area contributed by atoms with Crippen LogP contribution in [-0.2, 0) is 0 Å². The van der Waals surface area contributed by atoms with Gasteiger partial charge in [0.2, 0.25) is 0 Å². The Morgan fingerprint density at radius 1 is 1.13 bits per heavy atom. The molecule has 1 heterocycles. The van der Waals surface area contributed by atoms with E-state index in [0.29, 0.717) is 6.61 Å². The fraction of sp³-hybridized carbons (Fsp3) is 0.158. The van der Waals surface area contributed by atoms with E-state index in [9.17, 15) is 0 Å². The Hall–Kier alpha value is -2.88. The number of nitrogens with one attached hydrogen (secondary N) is 1. The topological polar surface area (TPSA) is 46.5 Å². The van der Waals surface area contributed by atoms with Gasteiger partial charge in [-0.3, -0.25) is 5.43 Å². The van der Waals surface area contributed by atoms with Gasteiger partial charge in [-0.15, -0.1) is 0 Å². The van der Waals surface area contributed by atoms with Crippen molar-refractivity contribution in [2.75, 3.05) is 12.0 Å². The second-order valence-electron chi connectivity index (χ2n) is 5.21. The molecule has 4 heteroatoms. The molecule has 0 amide bonds. The van der Waals surface area contributed by atoms with Crippen molar-refractivity contribution in [3.63, 3.8) is 0 Å². The zero-order valence-corrected chi connectivity index (χ0v) is 13.3. The van der Waals surface area contributed by atoms with Gasteiger partial charge >= 0.3 is 0 Å². The minimum atomic E-state index is 0.669. The predicted molar refractivity (Wildman–Crippen MR) is 95.3 cm³/mol. The molecule has 0 aliphatic rings. The third-order valence-corrected chi connectivity index (χ3v) is 3.51. The summed E-state index contributed by atoms with van der Waals surface area (Å²) in [4.78, 5) is 4.56. The van der Waals surface area contributed by atoms with Crippen molar-refractivity contribution < 1.29 is 4.74 Å². The molecule has 4 nitrogen and oxygen atoms in total. The quantitative estimate of drug-likeness (QED) is 0.562. The molecule has 3 aromatic rings. The fourth-order valence-corrected chi connectivity index (χ4v) is 2.40. The highest BCUT2D eigenvalue weighted by molar-refractivity contribution is 5.84. The summed E-state index contributed by atoms with van der Waals surface area (Å²) in [7, 11) is 0. The number of pyridine rings is 1. The first-order valence-corrected chi connectivity index (χ1v) is 7.64. The monoisotopic (exact) mass is 305 g/mol. The number of aromatic nitrogens is 1. The van der Waals surface area contributed by atoms with Crippen LogP contribution < -0.4 is 10.2 Å². The third-order valence-electron chi connectivity index (χ3n) is 3.51. The van der Waals surface area contributed by atoms with Gasteiger partial charge in [-0.2, -0.15) is 5.10 Å². The van der Waals surface area contributed by atoms with Gasteiger partial charge in [0.05, 0.1) is 18.3 Å². The zero-order valence-electron chi connectivity index (χ0n) is 13.3. The molecule has 1 N–H and O–H groups in total. The number of fused-ring (bicyclic) bond motifs is 1. The van der Waals surface area contributed by atoms with Crippen LogP contribution in [0.15, 0.2) is 59.7 Å². The molecule has 23 heavy (non-hydrogen) atoms. The Bertz CT molecular complexity index is 826. The lowest BCUT2D eigenvalue weighted by Gasteiger charge is -2.05. The summed E-state index contributed by atoms with van der Waals surface area (Å²) >= 11 is 0. The van der Waals surface area contributed by atoms with Crippen LogP contribution in [0.1, 0.15) is 18.1 Å². The smallest absolute Gasteiger partial charge is 0.147 e. The van der Waals surface area contributed by atoms with E-state index >= 15 is 0 Å². The van der Waals surface area contributed by atoms with Crippen molar-refractivity contribution in [1.29, 1.82) is 0 Å². The van der Waals surface area contributed by atoms with Gasteiger partial charge in [0.1, 0.15) is 11.6 Å². The number of rotatable bonds is 5.